The van der Waals surface area contributed by atoms with Crippen LogP contribution in [0.3, 0.4) is 0 Å². The van der Waals surface area contributed by atoms with Crippen molar-refractivity contribution in [1.82, 2.24) is 4.98 Å². The zero-order valence-corrected chi connectivity index (χ0v) is 11.9. The van der Waals surface area contributed by atoms with Gasteiger partial charge in [0, 0.05) is 27.9 Å². The van der Waals surface area contributed by atoms with Gasteiger partial charge in [-0.05, 0) is 12.1 Å². The summed E-state index contributed by atoms with van der Waals surface area (Å²) in [5.74, 6) is 0.382. The number of para-hydroxylation sites is 1. The number of rotatable bonds is 2. The Morgan fingerprint density at radius 1 is 1.05 bits per heavy atom. The Kier molecular flexibility index (Phi) is 3.05. The van der Waals surface area contributed by atoms with Gasteiger partial charge in [0.15, 0.2) is 0 Å². The normalized spacial score (nSPS) is 16.8. The SMILES string of the molecule is Oc1cc2[nH]c3ccccc3c2cc1C[NH+]1CCOCC1. The summed E-state index contributed by atoms with van der Waals surface area (Å²) in [6, 6.07) is 12.2. The molecule has 0 radical (unpaired) electrons. The minimum Gasteiger partial charge on any atom is -0.507 e. The molecule has 2 heterocycles. The van der Waals surface area contributed by atoms with Crippen LogP contribution >= 0.6 is 0 Å². The zero-order chi connectivity index (χ0) is 14.2. The largest absolute Gasteiger partial charge is 0.507 e. The van der Waals surface area contributed by atoms with Gasteiger partial charge in [-0.25, -0.2) is 0 Å². The van der Waals surface area contributed by atoms with Crippen LogP contribution in [0.2, 0.25) is 0 Å². The molecule has 1 saturated heterocycles. The number of aromatic nitrogens is 1. The Morgan fingerprint density at radius 2 is 1.86 bits per heavy atom. The van der Waals surface area contributed by atoms with Gasteiger partial charge in [0.05, 0.1) is 18.7 Å². The van der Waals surface area contributed by atoms with Gasteiger partial charge in [-0.2, -0.15) is 0 Å². The first-order chi connectivity index (χ1) is 10.3. The van der Waals surface area contributed by atoms with Crippen molar-refractivity contribution < 1.29 is 14.7 Å². The standard InChI is InChI=1S/C17H18N2O2/c20-17-10-16-14(13-3-1-2-4-15(13)18-16)9-12(17)11-19-5-7-21-8-6-19/h1-4,9-10,18,20H,5-8,11H2/p+1. The smallest absolute Gasteiger partial charge is 0.126 e. The van der Waals surface area contributed by atoms with E-state index < -0.39 is 0 Å². The van der Waals surface area contributed by atoms with Gasteiger partial charge in [0.2, 0.25) is 0 Å². The fourth-order valence-corrected chi connectivity index (χ4v) is 3.18. The highest BCUT2D eigenvalue weighted by Gasteiger charge is 2.17. The Morgan fingerprint density at radius 3 is 2.71 bits per heavy atom. The van der Waals surface area contributed by atoms with Crippen molar-refractivity contribution in [3.8, 4) is 5.75 Å². The third-order valence-electron chi connectivity index (χ3n) is 4.35. The topological polar surface area (TPSA) is 49.7 Å². The summed E-state index contributed by atoms with van der Waals surface area (Å²) in [5, 5.41) is 12.7. The second-order valence-electron chi connectivity index (χ2n) is 5.74. The van der Waals surface area contributed by atoms with E-state index in [1.54, 1.807) is 0 Å². The van der Waals surface area contributed by atoms with Gasteiger partial charge in [-0.3, -0.25) is 0 Å². The molecule has 3 N–H and O–H groups in total. The third-order valence-corrected chi connectivity index (χ3v) is 4.35. The molecule has 108 valence electrons. The molecule has 1 aromatic heterocycles. The van der Waals surface area contributed by atoms with E-state index in [1.807, 2.05) is 12.1 Å². The number of fused-ring (bicyclic) bond motifs is 3. The van der Waals surface area contributed by atoms with E-state index in [9.17, 15) is 5.11 Å². The Bertz CT molecular complexity index is 788. The van der Waals surface area contributed by atoms with Gasteiger partial charge in [0.1, 0.15) is 25.4 Å². The minimum absolute atomic E-state index is 0.382. The molecular weight excluding hydrogens is 264 g/mol. The van der Waals surface area contributed by atoms with Crippen molar-refractivity contribution in [2.75, 3.05) is 26.3 Å². The van der Waals surface area contributed by atoms with Crippen LogP contribution in [0.15, 0.2) is 36.4 Å². The number of quaternary nitrogens is 1. The molecule has 0 aliphatic carbocycles. The highest BCUT2D eigenvalue weighted by molar-refractivity contribution is 6.07. The van der Waals surface area contributed by atoms with Crippen LogP contribution in [0.25, 0.3) is 21.8 Å². The van der Waals surface area contributed by atoms with Crippen molar-refractivity contribution in [2.24, 2.45) is 0 Å². The molecule has 1 aliphatic rings. The molecule has 4 nitrogen and oxygen atoms in total. The lowest BCUT2D eigenvalue weighted by Gasteiger charge is -2.24. The first kappa shape index (κ1) is 12.7. The molecule has 0 saturated carbocycles. The highest BCUT2D eigenvalue weighted by atomic mass is 16.5. The molecule has 1 aliphatic heterocycles. The van der Waals surface area contributed by atoms with Gasteiger partial charge in [-0.15, -0.1) is 0 Å². The quantitative estimate of drug-likeness (QED) is 0.666. The van der Waals surface area contributed by atoms with Gasteiger partial charge >= 0.3 is 0 Å². The van der Waals surface area contributed by atoms with Crippen LogP contribution < -0.4 is 4.90 Å². The van der Waals surface area contributed by atoms with E-state index in [2.05, 4.69) is 29.2 Å². The first-order valence-electron chi connectivity index (χ1n) is 7.45. The summed E-state index contributed by atoms with van der Waals surface area (Å²) >= 11 is 0. The third kappa shape index (κ3) is 2.26. The lowest BCUT2D eigenvalue weighted by molar-refractivity contribution is -0.921. The predicted octanol–water partition coefficient (Wildman–Crippen LogP) is 1.44. The minimum atomic E-state index is 0.382. The number of phenolic OH excluding ortho intramolecular Hbond substituents is 1. The number of hydrogen-bond acceptors (Lipinski definition) is 2. The number of ether oxygens (including phenoxy) is 1. The molecule has 3 aromatic rings. The van der Waals surface area contributed by atoms with Gasteiger partial charge in [0.25, 0.3) is 0 Å². The molecule has 0 spiro atoms. The summed E-state index contributed by atoms with van der Waals surface area (Å²) < 4.78 is 5.39. The molecule has 0 amide bonds. The Hall–Kier alpha value is -2.04. The lowest BCUT2D eigenvalue weighted by atomic mass is 10.1. The van der Waals surface area contributed by atoms with E-state index in [0.29, 0.717) is 5.75 Å². The fraction of sp³-hybridized carbons (Fsp3) is 0.294. The summed E-state index contributed by atoms with van der Waals surface area (Å²) in [4.78, 5) is 4.83. The number of H-pyrrole nitrogens is 1. The average Bonchev–Trinajstić information content (AvgIpc) is 2.86. The van der Waals surface area contributed by atoms with Gasteiger partial charge in [-0.1, -0.05) is 18.2 Å². The number of aromatic hydroxyl groups is 1. The maximum atomic E-state index is 10.3. The molecule has 4 heteroatoms. The summed E-state index contributed by atoms with van der Waals surface area (Å²) in [7, 11) is 0. The molecule has 0 atom stereocenters. The Labute approximate surface area is 122 Å². The van der Waals surface area contributed by atoms with Crippen molar-refractivity contribution in [3.63, 3.8) is 0 Å². The van der Waals surface area contributed by atoms with E-state index in [1.165, 1.54) is 15.7 Å². The Balaban J connectivity index is 1.77. The van der Waals surface area contributed by atoms with Crippen LogP contribution in [0, 0.1) is 0 Å². The van der Waals surface area contributed by atoms with Gasteiger partial charge < -0.3 is 19.7 Å². The number of nitrogens with one attached hydrogen (secondary N) is 2. The van der Waals surface area contributed by atoms with Crippen molar-refractivity contribution in [2.45, 2.75) is 6.54 Å². The van der Waals surface area contributed by atoms with Crippen LogP contribution in [0.5, 0.6) is 5.75 Å². The fourth-order valence-electron chi connectivity index (χ4n) is 3.18. The van der Waals surface area contributed by atoms with E-state index in [-0.39, 0.29) is 0 Å². The van der Waals surface area contributed by atoms with E-state index >= 15 is 0 Å². The lowest BCUT2D eigenvalue weighted by Crippen LogP contribution is -3.12. The second-order valence-corrected chi connectivity index (χ2v) is 5.74. The number of benzene rings is 2. The molecule has 1 fully saturated rings. The molecule has 4 rings (SSSR count). The molecule has 0 unspecified atom stereocenters. The average molecular weight is 283 g/mol. The number of phenols is 1. The highest BCUT2D eigenvalue weighted by Crippen LogP contribution is 2.30. The van der Waals surface area contributed by atoms with Crippen molar-refractivity contribution in [3.05, 3.63) is 42.0 Å². The molecule has 2 aromatic carbocycles. The van der Waals surface area contributed by atoms with Crippen LogP contribution in [0.4, 0.5) is 0 Å². The summed E-state index contributed by atoms with van der Waals surface area (Å²) in [6.45, 7) is 4.48. The van der Waals surface area contributed by atoms with E-state index in [0.717, 1.165) is 49.4 Å². The predicted molar refractivity (Wildman–Crippen MR) is 82.7 cm³/mol. The number of morpholine rings is 1. The van der Waals surface area contributed by atoms with E-state index in [4.69, 9.17) is 4.74 Å². The molecule has 21 heavy (non-hydrogen) atoms. The molecular formula is C17H19N2O2+. The zero-order valence-electron chi connectivity index (χ0n) is 11.9. The molecule has 0 bridgehead atoms. The van der Waals surface area contributed by atoms with Crippen LogP contribution in [0.1, 0.15) is 5.56 Å². The second kappa shape index (κ2) is 5.06. The van der Waals surface area contributed by atoms with Crippen LogP contribution in [-0.4, -0.2) is 36.4 Å². The maximum Gasteiger partial charge on any atom is 0.126 e. The first-order valence-corrected chi connectivity index (χ1v) is 7.45. The number of hydrogen-bond donors (Lipinski definition) is 3. The number of aromatic amines is 1. The van der Waals surface area contributed by atoms with Crippen LogP contribution in [-0.2, 0) is 11.3 Å². The monoisotopic (exact) mass is 283 g/mol. The van der Waals surface area contributed by atoms with Crippen molar-refractivity contribution in [1.29, 1.82) is 0 Å². The maximum absolute atomic E-state index is 10.3. The summed E-state index contributed by atoms with van der Waals surface area (Å²) in [5.41, 5.74) is 3.13. The van der Waals surface area contributed by atoms with Crippen molar-refractivity contribution >= 4 is 21.8 Å². The summed E-state index contributed by atoms with van der Waals surface area (Å²) in [6.07, 6.45) is 0.